The standard InChI is InChI=1S/C9H10BNO/c10-8-1-2-9(12)6-3-4-11-5-7(6)8/h1-2,11-12H,3-5H2. The molecule has 1 aliphatic rings. The maximum absolute atomic E-state index is 9.50. The van der Waals surface area contributed by atoms with Gasteiger partial charge in [-0.15, -0.1) is 0 Å². The van der Waals surface area contributed by atoms with Gasteiger partial charge in [0.05, 0.1) is 0 Å². The summed E-state index contributed by atoms with van der Waals surface area (Å²) < 4.78 is 0. The van der Waals surface area contributed by atoms with Crippen molar-refractivity contribution in [2.75, 3.05) is 6.54 Å². The maximum atomic E-state index is 9.50. The minimum atomic E-state index is 0.376. The summed E-state index contributed by atoms with van der Waals surface area (Å²) in [6, 6.07) is 3.42. The summed E-state index contributed by atoms with van der Waals surface area (Å²) in [7, 11) is 5.76. The first-order chi connectivity index (χ1) is 5.79. The summed E-state index contributed by atoms with van der Waals surface area (Å²) in [6.45, 7) is 1.69. The van der Waals surface area contributed by atoms with Crippen LogP contribution in [0.4, 0.5) is 0 Å². The van der Waals surface area contributed by atoms with Gasteiger partial charge in [0, 0.05) is 6.54 Å². The maximum Gasteiger partial charge on any atom is 0.119 e. The van der Waals surface area contributed by atoms with Crippen LogP contribution >= 0.6 is 0 Å². The lowest BCUT2D eigenvalue weighted by Crippen LogP contribution is -2.29. The molecule has 1 aromatic rings. The zero-order valence-corrected chi connectivity index (χ0v) is 6.80. The van der Waals surface area contributed by atoms with Crippen LogP contribution in [0.2, 0.25) is 0 Å². The molecule has 0 saturated heterocycles. The topological polar surface area (TPSA) is 32.3 Å². The number of phenols is 1. The number of phenolic OH excluding ortho intramolecular Hbond substituents is 1. The van der Waals surface area contributed by atoms with Crippen LogP contribution in [0.15, 0.2) is 12.1 Å². The highest BCUT2D eigenvalue weighted by atomic mass is 16.3. The molecule has 0 unspecified atom stereocenters. The molecule has 3 heteroatoms. The van der Waals surface area contributed by atoms with Gasteiger partial charge in [-0.1, -0.05) is 11.5 Å². The monoisotopic (exact) mass is 159 g/mol. The van der Waals surface area contributed by atoms with Crippen LogP contribution in [0.25, 0.3) is 0 Å². The van der Waals surface area contributed by atoms with E-state index in [1.807, 2.05) is 0 Å². The van der Waals surface area contributed by atoms with Crippen LogP contribution in [0.1, 0.15) is 11.1 Å². The Balaban J connectivity index is 2.57. The summed E-state index contributed by atoms with van der Waals surface area (Å²) in [5.74, 6) is 0.376. The Morgan fingerprint density at radius 1 is 1.33 bits per heavy atom. The van der Waals surface area contributed by atoms with Crippen molar-refractivity contribution in [3.05, 3.63) is 23.3 Å². The van der Waals surface area contributed by atoms with Crippen molar-refractivity contribution >= 4 is 13.3 Å². The molecule has 0 atom stereocenters. The summed E-state index contributed by atoms with van der Waals surface area (Å²) in [5, 5.41) is 12.7. The molecule has 1 heterocycles. The first kappa shape index (κ1) is 7.68. The van der Waals surface area contributed by atoms with Gasteiger partial charge in [-0.25, -0.2) is 0 Å². The van der Waals surface area contributed by atoms with Gasteiger partial charge < -0.3 is 10.4 Å². The second kappa shape index (κ2) is 2.83. The highest BCUT2D eigenvalue weighted by molar-refractivity contribution is 6.33. The molecule has 0 aliphatic carbocycles. The van der Waals surface area contributed by atoms with E-state index < -0.39 is 0 Å². The van der Waals surface area contributed by atoms with Crippen molar-refractivity contribution in [1.82, 2.24) is 5.32 Å². The molecule has 2 radical (unpaired) electrons. The fourth-order valence-corrected chi connectivity index (χ4v) is 1.61. The van der Waals surface area contributed by atoms with Crippen LogP contribution < -0.4 is 10.8 Å². The predicted octanol–water partition coefficient (Wildman–Crippen LogP) is -0.168. The third-order valence-electron chi connectivity index (χ3n) is 2.30. The van der Waals surface area contributed by atoms with Crippen molar-refractivity contribution < 1.29 is 5.11 Å². The van der Waals surface area contributed by atoms with Gasteiger partial charge in [0.1, 0.15) is 13.6 Å². The molecule has 60 valence electrons. The minimum Gasteiger partial charge on any atom is -0.508 e. The van der Waals surface area contributed by atoms with Crippen LogP contribution in [0.3, 0.4) is 0 Å². The Morgan fingerprint density at radius 2 is 2.17 bits per heavy atom. The van der Waals surface area contributed by atoms with Crippen molar-refractivity contribution in [3.8, 4) is 5.75 Å². The van der Waals surface area contributed by atoms with E-state index in [0.717, 1.165) is 36.1 Å². The summed E-state index contributed by atoms with van der Waals surface area (Å²) in [5.41, 5.74) is 2.84. The molecular weight excluding hydrogens is 149 g/mol. The molecule has 0 amide bonds. The third-order valence-corrected chi connectivity index (χ3v) is 2.30. The number of rotatable bonds is 0. The normalized spacial score (nSPS) is 15.7. The fourth-order valence-electron chi connectivity index (χ4n) is 1.61. The van der Waals surface area contributed by atoms with Crippen LogP contribution in [0.5, 0.6) is 5.75 Å². The number of hydrogen-bond acceptors (Lipinski definition) is 2. The molecule has 0 spiro atoms. The van der Waals surface area contributed by atoms with Gasteiger partial charge in [0.15, 0.2) is 0 Å². The highest BCUT2D eigenvalue weighted by Crippen LogP contribution is 2.21. The molecule has 2 N–H and O–H groups in total. The number of nitrogens with one attached hydrogen (secondary N) is 1. The summed E-state index contributed by atoms with van der Waals surface area (Å²) >= 11 is 0. The Morgan fingerprint density at radius 3 is 2.92 bits per heavy atom. The molecule has 1 aliphatic heterocycles. The SMILES string of the molecule is [B]c1ccc(O)c2c1CNCC2. The number of hydrogen-bond donors (Lipinski definition) is 2. The van der Waals surface area contributed by atoms with Crippen molar-refractivity contribution in [3.63, 3.8) is 0 Å². The molecule has 1 aromatic carbocycles. The van der Waals surface area contributed by atoms with E-state index in [-0.39, 0.29) is 0 Å². The summed E-state index contributed by atoms with van der Waals surface area (Å²) in [6.07, 6.45) is 0.867. The van der Waals surface area contributed by atoms with Gasteiger partial charge in [0.2, 0.25) is 0 Å². The van der Waals surface area contributed by atoms with E-state index in [4.69, 9.17) is 7.85 Å². The zero-order valence-electron chi connectivity index (χ0n) is 6.80. The third kappa shape index (κ3) is 1.10. The minimum absolute atomic E-state index is 0.376. The van der Waals surface area contributed by atoms with Gasteiger partial charge >= 0.3 is 0 Å². The van der Waals surface area contributed by atoms with E-state index in [1.54, 1.807) is 12.1 Å². The van der Waals surface area contributed by atoms with Crippen LogP contribution in [-0.2, 0) is 13.0 Å². The van der Waals surface area contributed by atoms with E-state index >= 15 is 0 Å². The molecule has 0 fully saturated rings. The molecular formula is C9H10BNO. The quantitative estimate of drug-likeness (QED) is 0.515. The van der Waals surface area contributed by atoms with Crippen LogP contribution in [0, 0.1) is 0 Å². The van der Waals surface area contributed by atoms with E-state index in [0.29, 0.717) is 5.75 Å². The van der Waals surface area contributed by atoms with Crippen molar-refractivity contribution in [2.24, 2.45) is 0 Å². The number of fused-ring (bicyclic) bond motifs is 1. The second-order valence-electron chi connectivity index (χ2n) is 3.06. The lowest BCUT2D eigenvalue weighted by Gasteiger charge is -2.20. The first-order valence-corrected chi connectivity index (χ1v) is 4.09. The molecule has 2 nitrogen and oxygen atoms in total. The molecule has 2 rings (SSSR count). The summed E-state index contributed by atoms with van der Waals surface area (Å²) in [4.78, 5) is 0. The Bertz CT molecular complexity index is 281. The van der Waals surface area contributed by atoms with Crippen LogP contribution in [-0.4, -0.2) is 19.5 Å². The fraction of sp³-hybridized carbons (Fsp3) is 0.333. The average molecular weight is 159 g/mol. The largest absolute Gasteiger partial charge is 0.508 e. The number of benzene rings is 1. The number of aromatic hydroxyl groups is 1. The molecule has 0 saturated carbocycles. The van der Waals surface area contributed by atoms with Crippen molar-refractivity contribution in [2.45, 2.75) is 13.0 Å². The van der Waals surface area contributed by atoms with Gasteiger partial charge in [0.25, 0.3) is 0 Å². The first-order valence-electron chi connectivity index (χ1n) is 4.09. The predicted molar refractivity (Wildman–Crippen MR) is 48.9 cm³/mol. The lowest BCUT2D eigenvalue weighted by molar-refractivity contribution is 0.461. The Kier molecular flexibility index (Phi) is 1.81. The van der Waals surface area contributed by atoms with E-state index in [2.05, 4.69) is 5.32 Å². The lowest BCUT2D eigenvalue weighted by atomic mass is 9.85. The highest BCUT2D eigenvalue weighted by Gasteiger charge is 2.13. The zero-order chi connectivity index (χ0) is 8.55. The Hall–Kier alpha value is -0.955. The second-order valence-corrected chi connectivity index (χ2v) is 3.06. The molecule has 12 heavy (non-hydrogen) atoms. The van der Waals surface area contributed by atoms with Gasteiger partial charge in [-0.05, 0) is 30.2 Å². The van der Waals surface area contributed by atoms with Gasteiger partial charge in [-0.3, -0.25) is 0 Å². The van der Waals surface area contributed by atoms with E-state index in [9.17, 15) is 5.11 Å². The molecule has 0 aromatic heterocycles. The average Bonchev–Trinajstić information content (AvgIpc) is 2.12. The molecule has 0 bridgehead atoms. The van der Waals surface area contributed by atoms with Crippen molar-refractivity contribution in [1.29, 1.82) is 0 Å². The van der Waals surface area contributed by atoms with Gasteiger partial charge in [-0.2, -0.15) is 0 Å². The van der Waals surface area contributed by atoms with E-state index in [1.165, 1.54) is 0 Å². The smallest absolute Gasteiger partial charge is 0.119 e. The Labute approximate surface area is 73.0 Å².